The van der Waals surface area contributed by atoms with Gasteiger partial charge in [0.15, 0.2) is 5.69 Å². The molecule has 3 N–H and O–H groups in total. The van der Waals surface area contributed by atoms with Crippen LogP contribution in [-0.4, -0.2) is 11.7 Å². The number of anilines is 1. The third-order valence-corrected chi connectivity index (χ3v) is 1.33. The van der Waals surface area contributed by atoms with Gasteiger partial charge in [0.25, 0.3) is 0 Å². The summed E-state index contributed by atoms with van der Waals surface area (Å²) in [5.74, 6) is 5.50. The highest BCUT2D eigenvalue weighted by Crippen LogP contribution is 2.00. The Morgan fingerprint density at radius 3 is 3.00 bits per heavy atom. The van der Waals surface area contributed by atoms with E-state index in [2.05, 4.69) is 9.68 Å². The van der Waals surface area contributed by atoms with Crippen LogP contribution in [0.5, 0.6) is 0 Å². The molecule has 0 atom stereocenters. The Labute approximate surface area is 63.7 Å². The number of rotatable bonds is 3. The lowest BCUT2D eigenvalue weighted by atomic mass is 10.4. The molecule has 11 heavy (non-hydrogen) atoms. The molecular weight excluding hydrogens is 146 g/mol. The molecule has 0 aliphatic rings. The van der Waals surface area contributed by atoms with Crippen molar-refractivity contribution in [1.82, 2.24) is 5.16 Å². The van der Waals surface area contributed by atoms with Crippen LogP contribution in [0.1, 0.15) is 13.3 Å². The van der Waals surface area contributed by atoms with Crippen LogP contribution in [0.3, 0.4) is 0 Å². The molecule has 0 aliphatic heterocycles. The van der Waals surface area contributed by atoms with Crippen molar-refractivity contribution >= 4 is 5.69 Å². The molecule has 1 aromatic rings. The largest absolute Gasteiger partial charge is 0.381 e. The fraction of sp³-hybridized carbons (Fsp3) is 0.500. The second-order valence-corrected chi connectivity index (χ2v) is 2.23. The average molecular weight is 157 g/mol. The molecule has 0 saturated carbocycles. The summed E-state index contributed by atoms with van der Waals surface area (Å²) in [6.07, 6.45) is 2.33. The maximum absolute atomic E-state index is 10.8. The Bertz CT molecular complexity index is 265. The van der Waals surface area contributed by atoms with Crippen molar-refractivity contribution in [3.63, 3.8) is 0 Å². The van der Waals surface area contributed by atoms with Gasteiger partial charge in [-0.2, -0.15) is 0 Å². The first-order valence-electron chi connectivity index (χ1n) is 3.44. The molecular formula is C6H11N3O2. The van der Waals surface area contributed by atoms with E-state index in [0.717, 1.165) is 6.42 Å². The van der Waals surface area contributed by atoms with E-state index in [-0.39, 0.29) is 0 Å². The summed E-state index contributed by atoms with van der Waals surface area (Å²) in [7, 11) is 0. The Hall–Kier alpha value is -1.23. The molecule has 0 spiro atoms. The van der Waals surface area contributed by atoms with Crippen molar-refractivity contribution in [3.05, 3.63) is 16.6 Å². The van der Waals surface area contributed by atoms with E-state index >= 15 is 0 Å². The standard InChI is InChI=1S/C6H11N3O2/c1-2-3-9(7)5-4-8-11-6(5)10/h4,8H,2-3,7H2,1H3. The average Bonchev–Trinajstić information content (AvgIpc) is 2.36. The van der Waals surface area contributed by atoms with Crippen LogP contribution >= 0.6 is 0 Å². The number of H-pyrrole nitrogens is 1. The fourth-order valence-corrected chi connectivity index (χ4v) is 0.812. The Morgan fingerprint density at radius 2 is 2.55 bits per heavy atom. The van der Waals surface area contributed by atoms with Crippen molar-refractivity contribution in [2.45, 2.75) is 13.3 Å². The van der Waals surface area contributed by atoms with Gasteiger partial charge in [-0.1, -0.05) is 6.92 Å². The van der Waals surface area contributed by atoms with Crippen molar-refractivity contribution in [1.29, 1.82) is 0 Å². The molecule has 5 nitrogen and oxygen atoms in total. The zero-order valence-electron chi connectivity index (χ0n) is 6.33. The van der Waals surface area contributed by atoms with E-state index in [1.54, 1.807) is 0 Å². The Morgan fingerprint density at radius 1 is 1.82 bits per heavy atom. The van der Waals surface area contributed by atoms with Gasteiger partial charge in [-0.05, 0) is 6.42 Å². The maximum Gasteiger partial charge on any atom is 0.381 e. The predicted octanol–water partition coefficient (Wildman–Crippen LogP) is 0.0580. The number of hydrogen-bond donors (Lipinski definition) is 2. The van der Waals surface area contributed by atoms with Gasteiger partial charge in [0.2, 0.25) is 0 Å². The molecule has 0 fully saturated rings. The molecule has 62 valence electrons. The zero-order chi connectivity index (χ0) is 8.27. The number of aromatic nitrogens is 1. The van der Waals surface area contributed by atoms with E-state index < -0.39 is 5.63 Å². The monoisotopic (exact) mass is 157 g/mol. The summed E-state index contributed by atoms with van der Waals surface area (Å²) in [5, 5.41) is 3.69. The number of nitrogens with zero attached hydrogens (tertiary/aromatic N) is 1. The van der Waals surface area contributed by atoms with Crippen LogP contribution in [-0.2, 0) is 0 Å². The van der Waals surface area contributed by atoms with Gasteiger partial charge >= 0.3 is 5.63 Å². The molecule has 0 bridgehead atoms. The van der Waals surface area contributed by atoms with Gasteiger partial charge < -0.3 is 9.53 Å². The summed E-state index contributed by atoms with van der Waals surface area (Å²) in [4.78, 5) is 10.8. The van der Waals surface area contributed by atoms with E-state index in [1.807, 2.05) is 6.92 Å². The summed E-state index contributed by atoms with van der Waals surface area (Å²) >= 11 is 0. The highest BCUT2D eigenvalue weighted by molar-refractivity contribution is 5.38. The van der Waals surface area contributed by atoms with Crippen LogP contribution in [0, 0.1) is 0 Å². The number of nitrogens with two attached hydrogens (primary N) is 1. The van der Waals surface area contributed by atoms with Crippen molar-refractivity contribution in [3.8, 4) is 0 Å². The molecule has 0 aromatic carbocycles. The molecule has 1 heterocycles. The lowest BCUT2D eigenvalue weighted by molar-refractivity contribution is 0.391. The van der Waals surface area contributed by atoms with Crippen LogP contribution in [0.15, 0.2) is 15.5 Å². The number of hydrogen-bond acceptors (Lipinski definition) is 4. The van der Waals surface area contributed by atoms with Crippen LogP contribution in [0.25, 0.3) is 0 Å². The third-order valence-electron chi connectivity index (χ3n) is 1.33. The fourth-order valence-electron chi connectivity index (χ4n) is 0.812. The zero-order valence-corrected chi connectivity index (χ0v) is 6.33. The minimum absolute atomic E-state index is 0.367. The van der Waals surface area contributed by atoms with Gasteiger partial charge in [0, 0.05) is 6.54 Å². The van der Waals surface area contributed by atoms with Crippen LogP contribution < -0.4 is 16.5 Å². The molecule has 1 rings (SSSR count). The Balaban J connectivity index is 2.75. The molecule has 0 aliphatic carbocycles. The minimum Gasteiger partial charge on any atom is -0.337 e. The molecule has 0 amide bonds. The van der Waals surface area contributed by atoms with Crippen molar-refractivity contribution in [2.75, 3.05) is 11.6 Å². The second kappa shape index (κ2) is 3.25. The quantitative estimate of drug-likeness (QED) is 0.480. The van der Waals surface area contributed by atoms with E-state index in [0.29, 0.717) is 12.2 Å². The van der Waals surface area contributed by atoms with E-state index in [9.17, 15) is 4.79 Å². The lowest BCUT2D eigenvalue weighted by Gasteiger charge is -2.12. The molecule has 1 aromatic heterocycles. The maximum atomic E-state index is 10.8. The highest BCUT2D eigenvalue weighted by atomic mass is 16.5. The molecule has 0 saturated heterocycles. The summed E-state index contributed by atoms with van der Waals surface area (Å²) < 4.78 is 4.43. The number of hydrazine groups is 1. The normalized spacial score (nSPS) is 10.0. The number of aromatic amines is 1. The predicted molar refractivity (Wildman–Crippen MR) is 41.2 cm³/mol. The lowest BCUT2D eigenvalue weighted by Crippen LogP contribution is -2.34. The first-order valence-corrected chi connectivity index (χ1v) is 3.44. The molecule has 0 radical (unpaired) electrons. The first-order chi connectivity index (χ1) is 5.25. The number of nitrogens with one attached hydrogen (secondary N) is 1. The smallest absolute Gasteiger partial charge is 0.337 e. The van der Waals surface area contributed by atoms with Crippen LogP contribution in [0.4, 0.5) is 5.69 Å². The summed E-state index contributed by atoms with van der Waals surface area (Å²) in [5.41, 5.74) is -0.0622. The first kappa shape index (κ1) is 7.87. The molecule has 5 heteroatoms. The van der Waals surface area contributed by atoms with E-state index in [1.165, 1.54) is 11.2 Å². The van der Waals surface area contributed by atoms with Crippen molar-refractivity contribution < 1.29 is 4.52 Å². The topological polar surface area (TPSA) is 75.3 Å². The van der Waals surface area contributed by atoms with Gasteiger partial charge in [-0.3, -0.25) is 0 Å². The Kier molecular flexibility index (Phi) is 2.32. The van der Waals surface area contributed by atoms with Gasteiger partial charge in [-0.25, -0.2) is 15.8 Å². The SMILES string of the molecule is CCCN(N)c1c[nH]oc1=O. The highest BCUT2D eigenvalue weighted by Gasteiger charge is 2.06. The third kappa shape index (κ3) is 1.62. The van der Waals surface area contributed by atoms with Gasteiger partial charge in [0.05, 0.1) is 6.20 Å². The second-order valence-electron chi connectivity index (χ2n) is 2.23. The summed E-state index contributed by atoms with van der Waals surface area (Å²) in [6.45, 7) is 2.62. The van der Waals surface area contributed by atoms with E-state index in [4.69, 9.17) is 5.84 Å². The molecule has 0 unspecified atom stereocenters. The van der Waals surface area contributed by atoms with Gasteiger partial charge in [0.1, 0.15) is 0 Å². The van der Waals surface area contributed by atoms with Crippen LogP contribution in [0.2, 0.25) is 0 Å². The summed E-state index contributed by atoms with van der Waals surface area (Å²) in [6, 6.07) is 0. The van der Waals surface area contributed by atoms with Crippen molar-refractivity contribution in [2.24, 2.45) is 5.84 Å². The minimum atomic E-state index is -0.430. The van der Waals surface area contributed by atoms with Gasteiger partial charge in [-0.15, -0.1) is 0 Å².